The van der Waals surface area contributed by atoms with Crippen LogP contribution in [0.4, 0.5) is 0 Å². The molecule has 0 amide bonds. The van der Waals surface area contributed by atoms with Crippen molar-refractivity contribution in [2.45, 2.75) is 51.0 Å². The summed E-state index contributed by atoms with van der Waals surface area (Å²) in [7, 11) is 0. The van der Waals surface area contributed by atoms with E-state index in [1.54, 1.807) is 6.26 Å². The van der Waals surface area contributed by atoms with E-state index in [1.165, 1.54) is 30.4 Å². The molecule has 0 spiro atoms. The van der Waals surface area contributed by atoms with E-state index in [2.05, 4.69) is 31.2 Å². The number of hydrogen-bond acceptors (Lipinski definition) is 2. The lowest BCUT2D eigenvalue weighted by Crippen LogP contribution is -2.13. The quantitative estimate of drug-likeness (QED) is 0.894. The first-order valence-corrected chi connectivity index (χ1v) is 7.61. The number of aliphatic hydroxyl groups excluding tert-OH is 1. The Morgan fingerprint density at radius 1 is 1.30 bits per heavy atom. The van der Waals surface area contributed by atoms with Gasteiger partial charge in [0.25, 0.3) is 0 Å². The van der Waals surface area contributed by atoms with Crippen LogP contribution < -0.4 is 0 Å². The normalized spacial score (nSPS) is 19.6. The van der Waals surface area contributed by atoms with Gasteiger partial charge >= 0.3 is 0 Å². The maximum atomic E-state index is 10.5. The Balaban J connectivity index is 1.79. The predicted molar refractivity (Wildman–Crippen MR) is 79.8 cm³/mol. The van der Waals surface area contributed by atoms with Crippen molar-refractivity contribution in [1.29, 1.82) is 0 Å². The molecule has 0 bridgehead atoms. The van der Waals surface area contributed by atoms with Crippen molar-refractivity contribution in [3.8, 4) is 0 Å². The highest BCUT2D eigenvalue weighted by Crippen LogP contribution is 2.38. The number of furan rings is 1. The molecule has 20 heavy (non-hydrogen) atoms. The Labute approximate surface area is 120 Å². The lowest BCUT2D eigenvalue weighted by atomic mass is 9.79. The van der Waals surface area contributed by atoms with Gasteiger partial charge in [0.15, 0.2) is 0 Å². The van der Waals surface area contributed by atoms with Crippen LogP contribution in [-0.4, -0.2) is 5.11 Å². The summed E-state index contributed by atoms with van der Waals surface area (Å²) in [6, 6.07) is 10.6. The summed E-state index contributed by atoms with van der Waals surface area (Å²) in [6.07, 6.45) is 6.47. The van der Waals surface area contributed by atoms with Crippen molar-refractivity contribution < 1.29 is 9.52 Å². The van der Waals surface area contributed by atoms with Crippen LogP contribution in [0.25, 0.3) is 0 Å². The molecule has 2 heteroatoms. The molecule has 3 rings (SSSR count). The highest BCUT2D eigenvalue weighted by molar-refractivity contribution is 5.33. The largest absolute Gasteiger partial charge is 0.469 e. The molecule has 1 aromatic heterocycles. The molecule has 1 aliphatic carbocycles. The molecular weight excluding hydrogens is 248 g/mol. The van der Waals surface area contributed by atoms with E-state index in [4.69, 9.17) is 4.42 Å². The number of benzene rings is 1. The first-order chi connectivity index (χ1) is 9.79. The van der Waals surface area contributed by atoms with E-state index in [1.807, 2.05) is 6.07 Å². The van der Waals surface area contributed by atoms with Gasteiger partial charge in [-0.05, 0) is 48.8 Å². The average Bonchev–Trinajstić information content (AvgIpc) is 2.96. The fraction of sp³-hybridized carbons (Fsp3) is 0.444. The Morgan fingerprint density at radius 2 is 2.15 bits per heavy atom. The maximum Gasteiger partial charge on any atom is 0.109 e. The minimum absolute atomic E-state index is 0.417. The van der Waals surface area contributed by atoms with E-state index in [9.17, 15) is 5.11 Å². The Kier molecular flexibility index (Phi) is 3.93. The summed E-state index contributed by atoms with van der Waals surface area (Å²) in [5, 5.41) is 10.5. The van der Waals surface area contributed by atoms with E-state index in [0.717, 1.165) is 24.2 Å². The van der Waals surface area contributed by atoms with Crippen molar-refractivity contribution in [2.24, 2.45) is 0 Å². The van der Waals surface area contributed by atoms with Gasteiger partial charge in [-0.25, -0.2) is 0 Å². The second kappa shape index (κ2) is 5.84. The first kappa shape index (κ1) is 13.4. The van der Waals surface area contributed by atoms with Crippen LogP contribution in [0, 0.1) is 0 Å². The van der Waals surface area contributed by atoms with Crippen LogP contribution in [-0.2, 0) is 12.8 Å². The van der Waals surface area contributed by atoms with Crippen molar-refractivity contribution in [3.63, 3.8) is 0 Å². The maximum absolute atomic E-state index is 10.5. The summed E-state index contributed by atoms with van der Waals surface area (Å²) >= 11 is 0. The molecule has 0 fully saturated rings. The molecule has 2 nitrogen and oxygen atoms in total. The Hall–Kier alpha value is -1.54. The number of aryl methyl sites for hydroxylation is 2. The molecule has 0 aliphatic heterocycles. The zero-order valence-electron chi connectivity index (χ0n) is 12.0. The van der Waals surface area contributed by atoms with Gasteiger partial charge < -0.3 is 9.52 Å². The summed E-state index contributed by atoms with van der Waals surface area (Å²) in [5.41, 5.74) is 3.86. The van der Waals surface area contributed by atoms with Crippen molar-refractivity contribution in [3.05, 3.63) is 59.0 Å². The lowest BCUT2D eigenvalue weighted by Gasteiger charge is -2.27. The van der Waals surface area contributed by atoms with Gasteiger partial charge in [-0.15, -0.1) is 0 Å². The zero-order valence-corrected chi connectivity index (χ0v) is 12.0. The second-order valence-corrected chi connectivity index (χ2v) is 5.69. The van der Waals surface area contributed by atoms with Crippen LogP contribution in [0.1, 0.15) is 60.7 Å². The standard InChI is InChI=1S/C18H22O2/c1-2-18-16(10-11-20-18)17(19)12-14-8-5-7-13-6-3-4-9-15(13)14/h3-4,6,9-11,14,17,19H,2,5,7-8,12H2,1H3. The molecule has 0 saturated carbocycles. The fourth-order valence-electron chi connectivity index (χ4n) is 3.43. The number of aliphatic hydroxyl groups is 1. The summed E-state index contributed by atoms with van der Waals surface area (Å²) in [5.74, 6) is 1.39. The molecule has 0 saturated heterocycles. The minimum Gasteiger partial charge on any atom is -0.469 e. The predicted octanol–water partition coefficient (Wildman–Crippen LogP) is 4.39. The monoisotopic (exact) mass is 270 g/mol. The molecule has 0 radical (unpaired) electrons. The third-order valence-electron chi connectivity index (χ3n) is 4.46. The molecule has 1 aliphatic rings. The molecule has 1 aromatic carbocycles. The first-order valence-electron chi connectivity index (χ1n) is 7.61. The molecular formula is C18H22O2. The smallest absolute Gasteiger partial charge is 0.109 e. The lowest BCUT2D eigenvalue weighted by molar-refractivity contribution is 0.152. The fourth-order valence-corrected chi connectivity index (χ4v) is 3.43. The third kappa shape index (κ3) is 2.53. The van der Waals surface area contributed by atoms with Gasteiger partial charge in [-0.1, -0.05) is 31.2 Å². The average molecular weight is 270 g/mol. The summed E-state index contributed by atoms with van der Waals surface area (Å²) in [6.45, 7) is 2.06. The van der Waals surface area contributed by atoms with Gasteiger partial charge in [-0.2, -0.15) is 0 Å². The van der Waals surface area contributed by atoms with E-state index in [0.29, 0.717) is 5.92 Å². The van der Waals surface area contributed by atoms with Gasteiger partial charge in [0, 0.05) is 12.0 Å². The van der Waals surface area contributed by atoms with Gasteiger partial charge in [0.1, 0.15) is 5.76 Å². The minimum atomic E-state index is -0.417. The van der Waals surface area contributed by atoms with Crippen molar-refractivity contribution >= 4 is 0 Å². The molecule has 2 aromatic rings. The van der Waals surface area contributed by atoms with Gasteiger partial charge in [-0.3, -0.25) is 0 Å². The van der Waals surface area contributed by atoms with Crippen LogP contribution >= 0.6 is 0 Å². The topological polar surface area (TPSA) is 33.4 Å². The van der Waals surface area contributed by atoms with Gasteiger partial charge in [0.05, 0.1) is 12.4 Å². The molecule has 2 atom stereocenters. The summed E-state index contributed by atoms with van der Waals surface area (Å²) < 4.78 is 5.43. The Morgan fingerprint density at radius 3 is 3.00 bits per heavy atom. The van der Waals surface area contributed by atoms with Crippen molar-refractivity contribution in [2.75, 3.05) is 0 Å². The van der Waals surface area contributed by atoms with E-state index < -0.39 is 6.10 Å². The van der Waals surface area contributed by atoms with Crippen LogP contribution in [0.2, 0.25) is 0 Å². The van der Waals surface area contributed by atoms with Crippen LogP contribution in [0.5, 0.6) is 0 Å². The highest BCUT2D eigenvalue weighted by Gasteiger charge is 2.24. The molecule has 1 N–H and O–H groups in total. The third-order valence-corrected chi connectivity index (χ3v) is 4.46. The highest BCUT2D eigenvalue weighted by atomic mass is 16.3. The molecule has 106 valence electrons. The number of fused-ring (bicyclic) bond motifs is 1. The number of hydrogen-bond donors (Lipinski definition) is 1. The second-order valence-electron chi connectivity index (χ2n) is 5.69. The van der Waals surface area contributed by atoms with E-state index >= 15 is 0 Å². The molecule has 1 heterocycles. The van der Waals surface area contributed by atoms with Crippen LogP contribution in [0.15, 0.2) is 41.0 Å². The van der Waals surface area contributed by atoms with Gasteiger partial charge in [0.2, 0.25) is 0 Å². The number of rotatable bonds is 4. The van der Waals surface area contributed by atoms with E-state index in [-0.39, 0.29) is 0 Å². The Bertz CT molecular complexity index is 570. The van der Waals surface area contributed by atoms with Crippen LogP contribution in [0.3, 0.4) is 0 Å². The summed E-state index contributed by atoms with van der Waals surface area (Å²) in [4.78, 5) is 0. The zero-order chi connectivity index (χ0) is 13.9. The van der Waals surface area contributed by atoms with Crippen molar-refractivity contribution in [1.82, 2.24) is 0 Å². The SMILES string of the molecule is CCc1occc1C(O)CC1CCCc2ccccc21. The molecule has 2 unspecified atom stereocenters.